The summed E-state index contributed by atoms with van der Waals surface area (Å²) in [4.78, 5) is 0. The fourth-order valence-corrected chi connectivity index (χ4v) is 0. The van der Waals surface area contributed by atoms with E-state index in [4.69, 9.17) is 5.73 Å². The van der Waals surface area contributed by atoms with E-state index in [9.17, 15) is 0 Å². The third kappa shape index (κ3) is 524. The van der Waals surface area contributed by atoms with E-state index in [1.807, 2.05) is 0 Å². The molecule has 3 N–H and O–H groups in total. The van der Waals surface area contributed by atoms with Crippen LogP contribution in [-0.2, 0) is 16.8 Å². The van der Waals surface area contributed by atoms with Gasteiger partial charge in [-0.05, 0) is 5.11 Å². The summed E-state index contributed by atoms with van der Waals surface area (Å²) in [6, 6.07) is 0. The second-order valence-electron chi connectivity index (χ2n) is 0.364. The maximum Gasteiger partial charge on any atom is 0 e. The van der Waals surface area contributed by atoms with Crippen LogP contribution in [0.4, 0.5) is 0 Å². The first-order chi connectivity index (χ1) is 1.73. The van der Waals surface area contributed by atoms with Crippen LogP contribution in [0, 0.1) is 0 Å². The zero-order valence-corrected chi connectivity index (χ0v) is 4.18. The summed E-state index contributed by atoms with van der Waals surface area (Å²) >= 11 is 3.98. The minimum absolute atomic E-state index is 0. The van der Waals surface area contributed by atoms with Gasteiger partial charge < -0.3 is 11.5 Å². The minimum atomic E-state index is -0.250. The van der Waals surface area contributed by atoms with Crippen molar-refractivity contribution >= 4 is 17.3 Å². The van der Waals surface area contributed by atoms with E-state index in [0.717, 1.165) is 0 Å². The Morgan fingerprint density at radius 3 is 1.80 bits per heavy atom. The predicted octanol–water partition coefficient (Wildman–Crippen LogP) is 0.280. The van der Waals surface area contributed by atoms with Crippen LogP contribution >= 0.6 is 12.2 Å². The van der Waals surface area contributed by atoms with Gasteiger partial charge in [-0.2, -0.15) is 0 Å². The standard InChI is InChI=1S/CH4N2S.Co/c2-1(3)4;/h(H4,2,3,4);/p-1. The molecule has 0 spiro atoms. The third-order valence-electron chi connectivity index (χ3n) is 0. The van der Waals surface area contributed by atoms with E-state index in [1.165, 1.54) is 0 Å². The first-order valence-corrected chi connectivity index (χ1v) is 1.15. The Morgan fingerprint density at radius 2 is 1.80 bits per heavy atom. The Bertz CT molecular complexity index is 32.6. The van der Waals surface area contributed by atoms with E-state index in [2.05, 4.69) is 18.0 Å². The largest absolute Gasteiger partial charge is 0.486 e. The summed E-state index contributed by atoms with van der Waals surface area (Å²) in [5.74, 6) is 0. The molecule has 2 nitrogen and oxygen atoms in total. The van der Waals surface area contributed by atoms with Gasteiger partial charge in [-0.3, -0.25) is 0 Å². The summed E-state index contributed by atoms with van der Waals surface area (Å²) in [6.07, 6.45) is 0. The van der Waals surface area contributed by atoms with Crippen LogP contribution in [0.3, 0.4) is 0 Å². The van der Waals surface area contributed by atoms with E-state index in [-0.39, 0.29) is 21.9 Å². The van der Waals surface area contributed by atoms with Crippen LogP contribution in [0.25, 0.3) is 5.73 Å². The number of hydrogen-bond acceptors (Lipinski definition) is 1. The third-order valence-corrected chi connectivity index (χ3v) is 0. The molecule has 0 fully saturated rings. The van der Waals surface area contributed by atoms with Crippen molar-refractivity contribution in [2.75, 3.05) is 0 Å². The first-order valence-electron chi connectivity index (χ1n) is 0.743. The van der Waals surface area contributed by atoms with Crippen molar-refractivity contribution in [1.29, 1.82) is 0 Å². The van der Waals surface area contributed by atoms with Crippen LogP contribution in [0.15, 0.2) is 0 Å². The van der Waals surface area contributed by atoms with Gasteiger partial charge >= 0.3 is 0 Å². The molecule has 0 aromatic carbocycles. The van der Waals surface area contributed by atoms with Crippen molar-refractivity contribution in [3.8, 4) is 0 Å². The summed E-state index contributed by atoms with van der Waals surface area (Å²) in [6.45, 7) is 0. The predicted molar refractivity (Wildman–Crippen MR) is 21.1 cm³/mol. The van der Waals surface area contributed by atoms with Crippen LogP contribution < -0.4 is 5.73 Å². The molecule has 0 rings (SSSR count). The smallest absolute Gasteiger partial charge is 0 e. The number of nitrogens with two attached hydrogens (primary N) is 1. The van der Waals surface area contributed by atoms with E-state index >= 15 is 0 Å². The van der Waals surface area contributed by atoms with Gasteiger partial charge in [0.2, 0.25) is 0 Å². The number of nitrogens with one attached hydrogen (secondary N) is 1. The average Bonchev–Trinajstić information content (AvgIpc) is 0.811. The Balaban J connectivity index is 0. The molecule has 4 heteroatoms. The molecule has 0 amide bonds. The normalized spacial score (nSPS) is 4.80. The number of rotatable bonds is 0. The molecule has 33 valence electrons. The van der Waals surface area contributed by atoms with Crippen LogP contribution in [-0.4, -0.2) is 5.11 Å². The topological polar surface area (TPSA) is 49.8 Å². The molecule has 1 radical (unpaired) electrons. The molecule has 0 heterocycles. The Labute approximate surface area is 46.1 Å². The van der Waals surface area contributed by atoms with Gasteiger partial charge in [0.1, 0.15) is 0 Å². The van der Waals surface area contributed by atoms with E-state index in [0.29, 0.717) is 0 Å². The molecule has 0 bridgehead atoms. The summed E-state index contributed by atoms with van der Waals surface area (Å²) in [5.41, 5.74) is 10.6. The monoisotopic (exact) mass is 134 g/mol. The Morgan fingerprint density at radius 1 is 1.80 bits per heavy atom. The Hall–Kier alpha value is 0.196. The van der Waals surface area contributed by atoms with Crippen LogP contribution in [0.1, 0.15) is 0 Å². The Kier molecular flexibility index (Phi) is 7.52. The number of hydrogen-bond donors (Lipinski definition) is 1. The van der Waals surface area contributed by atoms with Gasteiger partial charge in [0.15, 0.2) is 0 Å². The van der Waals surface area contributed by atoms with Gasteiger partial charge in [-0.15, -0.1) is 0 Å². The molecule has 0 aliphatic heterocycles. The second kappa shape index (κ2) is 4.20. The minimum Gasteiger partial charge on any atom is -0.486 e. The molecule has 0 aromatic rings. The molecule has 5 heavy (non-hydrogen) atoms. The van der Waals surface area contributed by atoms with Crippen molar-refractivity contribution in [1.82, 2.24) is 0 Å². The average molecular weight is 134 g/mol. The molecule has 0 aliphatic carbocycles. The molecule has 0 atom stereocenters. The second-order valence-corrected chi connectivity index (χ2v) is 0.804. The van der Waals surface area contributed by atoms with Crippen molar-refractivity contribution in [3.63, 3.8) is 0 Å². The van der Waals surface area contributed by atoms with Crippen molar-refractivity contribution in [2.24, 2.45) is 5.73 Å². The van der Waals surface area contributed by atoms with Gasteiger partial charge in [-0.1, -0.05) is 12.2 Å². The summed E-state index contributed by atoms with van der Waals surface area (Å²) in [7, 11) is 0. The maximum absolute atomic E-state index is 6.09. The zero-order chi connectivity index (χ0) is 3.58. The fourth-order valence-electron chi connectivity index (χ4n) is 0. The SMILES string of the molecule is [Co].[NH-]C(N)=S. The van der Waals surface area contributed by atoms with Gasteiger partial charge in [0, 0.05) is 16.8 Å². The molecule has 0 aromatic heterocycles. The van der Waals surface area contributed by atoms with Crippen molar-refractivity contribution in [3.05, 3.63) is 5.73 Å². The van der Waals surface area contributed by atoms with Crippen LogP contribution in [0.5, 0.6) is 0 Å². The fraction of sp³-hybridized carbons (Fsp3) is 0. The molecular formula is CH3CoN2S-. The van der Waals surface area contributed by atoms with Crippen molar-refractivity contribution < 1.29 is 16.8 Å². The quantitative estimate of drug-likeness (QED) is 0.483. The van der Waals surface area contributed by atoms with Crippen molar-refractivity contribution in [2.45, 2.75) is 0 Å². The van der Waals surface area contributed by atoms with Gasteiger partial charge in [0.25, 0.3) is 0 Å². The molecule has 0 saturated heterocycles. The molecule has 0 aliphatic rings. The van der Waals surface area contributed by atoms with Gasteiger partial charge in [-0.25, -0.2) is 0 Å². The first kappa shape index (κ1) is 8.96. The summed E-state index contributed by atoms with van der Waals surface area (Å²) in [5, 5.41) is -0.250. The van der Waals surface area contributed by atoms with Gasteiger partial charge in [0.05, 0.1) is 0 Å². The summed E-state index contributed by atoms with van der Waals surface area (Å²) < 4.78 is 0. The maximum atomic E-state index is 6.09. The number of thiocarbonyl (C=S) groups is 1. The molecule has 0 unspecified atom stereocenters. The van der Waals surface area contributed by atoms with E-state index < -0.39 is 0 Å². The van der Waals surface area contributed by atoms with Crippen LogP contribution in [0.2, 0.25) is 0 Å². The van der Waals surface area contributed by atoms with E-state index in [1.54, 1.807) is 0 Å². The zero-order valence-electron chi connectivity index (χ0n) is 2.32. The molecular weight excluding hydrogens is 131 g/mol. The molecule has 0 saturated carbocycles.